The largest absolute Gasteiger partial charge is 0.424 e. The number of nitrogens with zero attached hydrogens (tertiary/aromatic N) is 3. The van der Waals surface area contributed by atoms with Crippen LogP contribution in [0.2, 0.25) is 0 Å². The summed E-state index contributed by atoms with van der Waals surface area (Å²) in [7, 11) is 0. The third-order valence-electron chi connectivity index (χ3n) is 2.30. The van der Waals surface area contributed by atoms with Crippen LogP contribution in [0.5, 0.6) is 11.8 Å². The average Bonchev–Trinajstić information content (AvgIpc) is 2.40. The Balaban J connectivity index is 1.96. The van der Waals surface area contributed by atoms with Crippen LogP contribution < -0.4 is 4.74 Å². The third-order valence-corrected chi connectivity index (χ3v) is 2.30. The molecule has 0 amide bonds. The molecule has 2 aromatic carbocycles. The molecule has 4 heteroatoms. The topological polar surface area (TPSA) is 47.9 Å². The van der Waals surface area contributed by atoms with Crippen molar-refractivity contribution in [2.24, 2.45) is 0 Å². The van der Waals surface area contributed by atoms with Crippen LogP contribution in [-0.4, -0.2) is 15.0 Å². The quantitative estimate of drug-likeness (QED) is 0.668. The van der Waals surface area contributed by atoms with Gasteiger partial charge in [0.05, 0.1) is 0 Å². The molecule has 17 heavy (non-hydrogen) atoms. The second-order valence-corrected chi connectivity index (χ2v) is 3.43. The summed E-state index contributed by atoms with van der Waals surface area (Å²) in [6.45, 7) is 0. The molecule has 1 radical (unpaired) electrons. The molecule has 0 bridgehead atoms. The van der Waals surface area contributed by atoms with Gasteiger partial charge in [-0.2, -0.15) is 9.97 Å². The summed E-state index contributed by atoms with van der Waals surface area (Å²) in [5.41, 5.74) is 0. The van der Waals surface area contributed by atoms with Crippen LogP contribution in [0.25, 0.3) is 10.8 Å². The van der Waals surface area contributed by atoms with Crippen molar-refractivity contribution in [2.45, 2.75) is 0 Å². The molecule has 0 aliphatic heterocycles. The van der Waals surface area contributed by atoms with Crippen LogP contribution >= 0.6 is 0 Å². The van der Waals surface area contributed by atoms with E-state index < -0.39 is 0 Å². The predicted molar refractivity (Wildman–Crippen MR) is 62.7 cm³/mol. The lowest BCUT2D eigenvalue weighted by atomic mass is 10.1. The van der Waals surface area contributed by atoms with E-state index in [0.29, 0.717) is 5.75 Å². The number of rotatable bonds is 2. The number of ether oxygens (including phenoxy) is 1. The number of benzene rings is 2. The first-order valence-corrected chi connectivity index (χ1v) is 5.13. The molecule has 0 saturated carbocycles. The van der Waals surface area contributed by atoms with Crippen molar-refractivity contribution >= 4 is 10.8 Å². The highest BCUT2D eigenvalue weighted by Gasteiger charge is 2.01. The smallest absolute Gasteiger partial charge is 0.324 e. The molecule has 0 saturated heterocycles. The molecule has 0 N–H and O–H groups in total. The minimum absolute atomic E-state index is 0.270. The van der Waals surface area contributed by atoms with Gasteiger partial charge in [0, 0.05) is 6.07 Å². The lowest BCUT2D eigenvalue weighted by molar-refractivity contribution is 0.439. The maximum Gasteiger partial charge on any atom is 0.324 e. The Bertz CT molecular complexity index is 640. The monoisotopic (exact) mass is 222 g/mol. The van der Waals surface area contributed by atoms with Crippen molar-refractivity contribution in [1.29, 1.82) is 0 Å². The zero-order valence-corrected chi connectivity index (χ0v) is 8.87. The normalized spacial score (nSPS) is 10.4. The van der Waals surface area contributed by atoms with E-state index in [1.54, 1.807) is 0 Å². The molecule has 0 atom stereocenters. The van der Waals surface area contributed by atoms with E-state index in [4.69, 9.17) is 4.74 Å². The Hall–Kier alpha value is -2.49. The Morgan fingerprint density at radius 3 is 2.65 bits per heavy atom. The number of fused-ring (bicyclic) bond motifs is 1. The summed E-state index contributed by atoms with van der Waals surface area (Å²) < 4.78 is 5.47. The molecular formula is C13H8N3O. The van der Waals surface area contributed by atoms with Crippen LogP contribution in [-0.2, 0) is 0 Å². The van der Waals surface area contributed by atoms with Gasteiger partial charge in [0.1, 0.15) is 18.4 Å². The summed E-state index contributed by atoms with van der Waals surface area (Å²) in [5.74, 6) is 0.592. The van der Waals surface area contributed by atoms with Gasteiger partial charge in [0.25, 0.3) is 0 Å². The van der Waals surface area contributed by atoms with E-state index in [0.717, 1.165) is 10.8 Å². The minimum atomic E-state index is 0.270. The van der Waals surface area contributed by atoms with Crippen LogP contribution in [0.1, 0.15) is 0 Å². The summed E-state index contributed by atoms with van der Waals surface area (Å²) >= 11 is 0. The van der Waals surface area contributed by atoms with E-state index >= 15 is 0 Å². The fourth-order valence-electron chi connectivity index (χ4n) is 1.54. The van der Waals surface area contributed by atoms with Gasteiger partial charge in [-0.3, -0.25) is 0 Å². The number of hydrogen-bond donors (Lipinski definition) is 0. The molecule has 0 aliphatic carbocycles. The van der Waals surface area contributed by atoms with Gasteiger partial charge in [-0.25, -0.2) is 4.98 Å². The van der Waals surface area contributed by atoms with Gasteiger partial charge in [0.2, 0.25) is 0 Å². The Kier molecular flexibility index (Phi) is 2.38. The Morgan fingerprint density at radius 2 is 1.76 bits per heavy atom. The maximum atomic E-state index is 5.47. The van der Waals surface area contributed by atoms with E-state index in [9.17, 15) is 0 Å². The maximum absolute atomic E-state index is 5.47. The van der Waals surface area contributed by atoms with Gasteiger partial charge in [-0.15, -0.1) is 0 Å². The molecule has 3 rings (SSSR count). The lowest BCUT2D eigenvalue weighted by Crippen LogP contribution is -1.91. The van der Waals surface area contributed by atoms with E-state index in [2.05, 4.69) is 21.0 Å². The Morgan fingerprint density at radius 1 is 0.941 bits per heavy atom. The highest BCUT2D eigenvalue weighted by molar-refractivity contribution is 5.83. The van der Waals surface area contributed by atoms with Gasteiger partial charge in [-0.05, 0) is 16.8 Å². The van der Waals surface area contributed by atoms with Crippen LogP contribution in [0.3, 0.4) is 0 Å². The van der Waals surface area contributed by atoms with Crippen molar-refractivity contribution in [2.75, 3.05) is 0 Å². The molecule has 0 spiro atoms. The molecule has 0 unspecified atom stereocenters. The zero-order valence-electron chi connectivity index (χ0n) is 8.87. The average molecular weight is 222 g/mol. The highest BCUT2D eigenvalue weighted by Crippen LogP contribution is 2.22. The second-order valence-electron chi connectivity index (χ2n) is 3.43. The van der Waals surface area contributed by atoms with Gasteiger partial charge < -0.3 is 4.74 Å². The third kappa shape index (κ3) is 2.06. The number of hydrogen-bond acceptors (Lipinski definition) is 4. The van der Waals surface area contributed by atoms with Crippen LogP contribution in [0.4, 0.5) is 0 Å². The van der Waals surface area contributed by atoms with Crippen molar-refractivity contribution in [3.8, 4) is 11.8 Å². The molecule has 81 valence electrons. The molecule has 1 aromatic heterocycles. The van der Waals surface area contributed by atoms with Crippen LogP contribution in [0, 0.1) is 6.07 Å². The predicted octanol–water partition coefficient (Wildman–Crippen LogP) is 2.62. The SMILES string of the molecule is [c]1c(Oc2ncncn2)ccc2ccccc12. The molecule has 3 aromatic rings. The first kappa shape index (κ1) is 9.72. The standard InChI is InChI=1S/C13H8N3O/c1-2-4-11-7-12(6-5-10(11)3-1)17-13-15-8-14-9-16-13/h1-6,8-9H. The summed E-state index contributed by atoms with van der Waals surface area (Å²) in [5, 5.41) is 2.12. The fourth-order valence-corrected chi connectivity index (χ4v) is 1.54. The van der Waals surface area contributed by atoms with Gasteiger partial charge in [0.15, 0.2) is 0 Å². The first-order chi connectivity index (χ1) is 8.42. The molecule has 0 fully saturated rings. The van der Waals surface area contributed by atoms with Crippen molar-refractivity contribution < 1.29 is 4.74 Å². The minimum Gasteiger partial charge on any atom is -0.424 e. The summed E-state index contributed by atoms with van der Waals surface area (Å²) in [4.78, 5) is 11.5. The second kappa shape index (κ2) is 4.17. The molecule has 4 nitrogen and oxygen atoms in total. The van der Waals surface area contributed by atoms with E-state index in [-0.39, 0.29) is 6.01 Å². The summed E-state index contributed by atoms with van der Waals surface area (Å²) in [6.07, 6.45) is 2.78. The zero-order chi connectivity index (χ0) is 11.5. The van der Waals surface area contributed by atoms with E-state index in [1.807, 2.05) is 36.4 Å². The molecular weight excluding hydrogens is 214 g/mol. The Labute approximate surface area is 97.9 Å². The van der Waals surface area contributed by atoms with Gasteiger partial charge >= 0.3 is 6.01 Å². The van der Waals surface area contributed by atoms with Crippen LogP contribution in [0.15, 0.2) is 49.1 Å². The first-order valence-electron chi connectivity index (χ1n) is 5.13. The van der Waals surface area contributed by atoms with Crippen molar-refractivity contribution in [1.82, 2.24) is 15.0 Å². The van der Waals surface area contributed by atoms with Gasteiger partial charge in [-0.1, -0.05) is 30.3 Å². The fraction of sp³-hybridized carbons (Fsp3) is 0. The highest BCUT2D eigenvalue weighted by atomic mass is 16.5. The van der Waals surface area contributed by atoms with Crippen molar-refractivity contribution in [3.63, 3.8) is 0 Å². The molecule has 1 heterocycles. The molecule has 0 aliphatic rings. The van der Waals surface area contributed by atoms with Crippen molar-refractivity contribution in [3.05, 3.63) is 55.1 Å². The lowest BCUT2D eigenvalue weighted by Gasteiger charge is -2.03. The number of aromatic nitrogens is 3. The summed E-state index contributed by atoms with van der Waals surface area (Å²) in [6, 6.07) is 15.2. The van der Waals surface area contributed by atoms with E-state index in [1.165, 1.54) is 12.7 Å².